The van der Waals surface area contributed by atoms with Crippen LogP contribution >= 0.6 is 0 Å². The molecule has 0 saturated carbocycles. The smallest absolute Gasteiger partial charge is 0.253 e. The van der Waals surface area contributed by atoms with Gasteiger partial charge in [-0.15, -0.1) is 0 Å². The Hall–Kier alpha value is -3.71. The molecular weight excluding hydrogens is 472 g/mol. The molecule has 1 fully saturated rings. The molecule has 0 radical (unpaired) electrons. The third-order valence-electron chi connectivity index (χ3n) is 8.00. The van der Waals surface area contributed by atoms with E-state index in [1.54, 1.807) is 0 Å². The summed E-state index contributed by atoms with van der Waals surface area (Å²) >= 11 is 0. The SMILES string of the molecule is CCc1nc2c(C)cc(C)nc2n1Cc1ccc2c(c1)CCc1cc(C(=O)N3CCN(C)CC3)ccc1N2. The zero-order valence-corrected chi connectivity index (χ0v) is 22.8. The van der Waals surface area contributed by atoms with Crippen molar-refractivity contribution < 1.29 is 4.79 Å². The first-order valence-electron chi connectivity index (χ1n) is 13.7. The highest BCUT2D eigenvalue weighted by atomic mass is 16.2. The number of fused-ring (bicyclic) bond motifs is 3. The molecule has 0 bridgehead atoms. The van der Waals surface area contributed by atoms with Gasteiger partial charge in [0.05, 0.1) is 6.54 Å². The quantitative estimate of drug-likeness (QED) is 0.425. The second kappa shape index (κ2) is 9.87. The van der Waals surface area contributed by atoms with Crippen LogP contribution in [0.15, 0.2) is 42.5 Å². The molecule has 0 aliphatic carbocycles. The van der Waals surface area contributed by atoms with Crippen molar-refractivity contribution in [3.8, 4) is 0 Å². The van der Waals surface area contributed by atoms with Crippen molar-refractivity contribution >= 4 is 28.4 Å². The van der Waals surface area contributed by atoms with Gasteiger partial charge in [0, 0.05) is 55.2 Å². The van der Waals surface area contributed by atoms with Crippen molar-refractivity contribution in [1.82, 2.24) is 24.3 Å². The second-order valence-electron chi connectivity index (χ2n) is 10.8. The summed E-state index contributed by atoms with van der Waals surface area (Å²) in [6, 6.07) is 15.0. The fourth-order valence-corrected chi connectivity index (χ4v) is 5.80. The maximum atomic E-state index is 13.2. The van der Waals surface area contributed by atoms with Gasteiger partial charge in [-0.25, -0.2) is 9.97 Å². The molecule has 1 saturated heterocycles. The topological polar surface area (TPSA) is 66.3 Å². The average Bonchev–Trinajstić information content (AvgIpc) is 3.15. The number of anilines is 2. The van der Waals surface area contributed by atoms with Gasteiger partial charge in [-0.1, -0.05) is 19.1 Å². The highest BCUT2D eigenvalue weighted by Crippen LogP contribution is 2.32. The second-order valence-corrected chi connectivity index (χ2v) is 10.8. The molecule has 2 aromatic heterocycles. The van der Waals surface area contributed by atoms with Crippen molar-refractivity contribution in [2.45, 2.75) is 46.6 Å². The molecule has 2 aliphatic heterocycles. The van der Waals surface area contributed by atoms with Gasteiger partial charge in [-0.05, 0) is 86.3 Å². The minimum atomic E-state index is 0.142. The largest absolute Gasteiger partial charge is 0.355 e. The van der Waals surface area contributed by atoms with Crippen LogP contribution in [0.1, 0.15) is 51.1 Å². The lowest BCUT2D eigenvalue weighted by Gasteiger charge is -2.32. The van der Waals surface area contributed by atoms with E-state index in [1.165, 1.54) is 22.3 Å². The number of aromatic nitrogens is 3. The number of imidazole rings is 1. The fourth-order valence-electron chi connectivity index (χ4n) is 5.80. The highest BCUT2D eigenvalue weighted by Gasteiger charge is 2.22. The summed E-state index contributed by atoms with van der Waals surface area (Å²) in [6.45, 7) is 10.5. The van der Waals surface area contributed by atoms with Gasteiger partial charge in [-0.2, -0.15) is 0 Å². The molecule has 38 heavy (non-hydrogen) atoms. The summed E-state index contributed by atoms with van der Waals surface area (Å²) in [4.78, 5) is 27.2. The van der Waals surface area contributed by atoms with Crippen molar-refractivity contribution in [2.24, 2.45) is 0 Å². The molecule has 2 aromatic carbocycles. The van der Waals surface area contributed by atoms with Gasteiger partial charge in [-0.3, -0.25) is 4.79 Å². The normalized spacial score (nSPS) is 15.6. The van der Waals surface area contributed by atoms with Crippen LogP contribution in [0.5, 0.6) is 0 Å². The Kier molecular flexibility index (Phi) is 6.40. The van der Waals surface area contributed by atoms with Crippen LogP contribution in [0.25, 0.3) is 11.2 Å². The maximum Gasteiger partial charge on any atom is 0.253 e. The van der Waals surface area contributed by atoms with Crippen molar-refractivity contribution in [3.05, 3.63) is 81.8 Å². The first-order chi connectivity index (χ1) is 18.4. The number of nitrogens with zero attached hydrogens (tertiary/aromatic N) is 5. The van der Waals surface area contributed by atoms with Crippen molar-refractivity contribution in [3.63, 3.8) is 0 Å². The predicted molar refractivity (Wildman–Crippen MR) is 152 cm³/mol. The molecule has 6 rings (SSSR count). The van der Waals surface area contributed by atoms with Gasteiger partial charge < -0.3 is 19.7 Å². The molecule has 7 nitrogen and oxygen atoms in total. The Morgan fingerprint density at radius 2 is 1.63 bits per heavy atom. The number of likely N-dealkylation sites (N-methyl/N-ethyl adjacent to an activating group) is 1. The first kappa shape index (κ1) is 24.6. The van der Waals surface area contributed by atoms with E-state index < -0.39 is 0 Å². The minimum absolute atomic E-state index is 0.142. The van der Waals surface area contributed by atoms with Crippen molar-refractivity contribution in [2.75, 3.05) is 38.5 Å². The summed E-state index contributed by atoms with van der Waals surface area (Å²) in [6.07, 6.45) is 2.69. The van der Waals surface area contributed by atoms with E-state index in [1.807, 2.05) is 17.9 Å². The van der Waals surface area contributed by atoms with E-state index in [-0.39, 0.29) is 5.91 Å². The molecule has 4 aromatic rings. The summed E-state index contributed by atoms with van der Waals surface area (Å²) in [5.41, 5.74) is 10.9. The number of hydrogen-bond donors (Lipinski definition) is 1. The molecule has 4 heterocycles. The lowest BCUT2D eigenvalue weighted by molar-refractivity contribution is 0.0664. The van der Waals surface area contributed by atoms with Crippen LogP contribution in [-0.2, 0) is 25.8 Å². The van der Waals surface area contributed by atoms with Crippen LogP contribution in [0.2, 0.25) is 0 Å². The van der Waals surface area contributed by atoms with Crippen LogP contribution in [-0.4, -0.2) is 63.5 Å². The number of pyridine rings is 1. The lowest BCUT2D eigenvalue weighted by atomic mass is 10.0. The lowest BCUT2D eigenvalue weighted by Crippen LogP contribution is -2.47. The molecule has 196 valence electrons. The Morgan fingerprint density at radius 1 is 0.921 bits per heavy atom. The Labute approximate surface area is 224 Å². The van der Waals surface area contributed by atoms with Gasteiger partial charge in [0.25, 0.3) is 5.91 Å². The van der Waals surface area contributed by atoms with Gasteiger partial charge >= 0.3 is 0 Å². The molecule has 0 unspecified atom stereocenters. The molecule has 1 amide bonds. The number of carbonyl (C=O) groups is 1. The molecular formula is C31H36N6O. The fraction of sp³-hybridized carbons (Fsp3) is 0.387. The van der Waals surface area contributed by atoms with E-state index in [2.05, 4.69) is 72.1 Å². The number of benzene rings is 2. The van der Waals surface area contributed by atoms with E-state index in [4.69, 9.17) is 9.97 Å². The first-order valence-corrected chi connectivity index (χ1v) is 13.7. The molecule has 1 N–H and O–H groups in total. The van der Waals surface area contributed by atoms with Crippen LogP contribution in [0, 0.1) is 13.8 Å². The summed E-state index contributed by atoms with van der Waals surface area (Å²) in [5, 5.41) is 3.64. The van der Waals surface area contributed by atoms with Crippen LogP contribution in [0.4, 0.5) is 11.4 Å². The van der Waals surface area contributed by atoms with E-state index in [0.29, 0.717) is 0 Å². The Balaban J connectivity index is 1.24. The summed E-state index contributed by atoms with van der Waals surface area (Å²) in [5.74, 6) is 1.21. The monoisotopic (exact) mass is 508 g/mol. The van der Waals surface area contributed by atoms with E-state index in [9.17, 15) is 4.79 Å². The number of nitrogens with one attached hydrogen (secondary N) is 1. The average molecular weight is 509 g/mol. The number of amides is 1. The van der Waals surface area contributed by atoms with Gasteiger partial charge in [0.1, 0.15) is 11.3 Å². The Bertz CT molecular complexity index is 1530. The third kappa shape index (κ3) is 4.56. The Morgan fingerprint density at radius 3 is 2.37 bits per heavy atom. The molecule has 0 atom stereocenters. The zero-order valence-electron chi connectivity index (χ0n) is 22.8. The summed E-state index contributed by atoms with van der Waals surface area (Å²) in [7, 11) is 2.11. The molecule has 2 aliphatic rings. The number of carbonyl (C=O) groups excluding carboxylic acids is 1. The van der Waals surface area contributed by atoms with E-state index >= 15 is 0 Å². The van der Waals surface area contributed by atoms with Crippen LogP contribution in [0.3, 0.4) is 0 Å². The highest BCUT2D eigenvalue weighted by molar-refractivity contribution is 5.95. The summed E-state index contributed by atoms with van der Waals surface area (Å²) < 4.78 is 2.27. The van der Waals surface area contributed by atoms with Crippen molar-refractivity contribution in [1.29, 1.82) is 0 Å². The van der Waals surface area contributed by atoms with Crippen LogP contribution < -0.4 is 5.32 Å². The number of hydrogen-bond acceptors (Lipinski definition) is 5. The predicted octanol–water partition coefficient (Wildman–Crippen LogP) is 4.89. The number of piperazine rings is 1. The van der Waals surface area contributed by atoms with Gasteiger partial charge in [0.15, 0.2) is 5.65 Å². The standard InChI is InChI=1S/C31H36N6O/c1-5-28-34-29-20(2)16-21(3)32-30(29)37(28)19-22-6-10-26-23(17-22)7-8-24-18-25(9-11-27(24)33-26)31(38)36-14-12-35(4)13-15-36/h6,9-11,16-18,33H,5,7-8,12-15,19H2,1-4H3. The molecule has 0 spiro atoms. The molecule has 7 heteroatoms. The number of rotatable bonds is 4. The maximum absolute atomic E-state index is 13.2. The zero-order chi connectivity index (χ0) is 26.4. The van der Waals surface area contributed by atoms with E-state index in [0.717, 1.165) is 91.6 Å². The van der Waals surface area contributed by atoms with Gasteiger partial charge in [0.2, 0.25) is 0 Å². The minimum Gasteiger partial charge on any atom is -0.355 e. The third-order valence-corrected chi connectivity index (χ3v) is 8.00. The number of aryl methyl sites for hydroxylation is 5.